The highest BCUT2D eigenvalue weighted by Crippen LogP contribution is 2.34. The standard InChI is InChI=1S/C12H15BrN2O3S/c1-7-3-8(2)12(10(13)4-7)15-6-9(5-11(15)16)19(14,17)18/h3-4,9H,5-6H2,1-2H3,(H2,14,17,18). The molecule has 2 N–H and O–H groups in total. The predicted octanol–water partition coefficient (Wildman–Crippen LogP) is 1.46. The number of hydrogen-bond donors (Lipinski definition) is 1. The number of halogens is 1. The number of primary sulfonamides is 1. The summed E-state index contributed by atoms with van der Waals surface area (Å²) in [6.07, 6.45) is -0.0570. The molecule has 2 rings (SSSR count). The van der Waals surface area contributed by atoms with Gasteiger partial charge in [-0.25, -0.2) is 13.6 Å². The monoisotopic (exact) mass is 346 g/mol. The highest BCUT2D eigenvalue weighted by molar-refractivity contribution is 9.10. The molecule has 1 atom stereocenters. The Kier molecular flexibility index (Phi) is 3.72. The number of aryl methyl sites for hydroxylation is 2. The summed E-state index contributed by atoms with van der Waals surface area (Å²) in [7, 11) is -3.69. The van der Waals surface area contributed by atoms with Crippen LogP contribution in [0.1, 0.15) is 17.5 Å². The lowest BCUT2D eigenvalue weighted by atomic mass is 10.1. The van der Waals surface area contributed by atoms with Crippen LogP contribution >= 0.6 is 15.9 Å². The maximum Gasteiger partial charge on any atom is 0.228 e. The number of rotatable bonds is 2. The maximum atomic E-state index is 12.0. The summed E-state index contributed by atoms with van der Waals surface area (Å²) in [4.78, 5) is 13.5. The Labute approximate surface area is 121 Å². The van der Waals surface area contributed by atoms with Crippen LogP contribution in [0.2, 0.25) is 0 Å². The first-order valence-electron chi connectivity index (χ1n) is 5.79. The molecule has 0 spiro atoms. The van der Waals surface area contributed by atoms with Crippen LogP contribution in [0.3, 0.4) is 0 Å². The van der Waals surface area contributed by atoms with Crippen molar-refractivity contribution in [3.8, 4) is 0 Å². The minimum absolute atomic E-state index is 0.0570. The van der Waals surface area contributed by atoms with Gasteiger partial charge in [-0.3, -0.25) is 4.79 Å². The molecule has 1 saturated heterocycles. The first-order chi connectivity index (χ1) is 8.70. The van der Waals surface area contributed by atoms with Gasteiger partial charge < -0.3 is 4.90 Å². The molecule has 0 aromatic heterocycles. The zero-order chi connectivity index (χ0) is 14.4. The lowest BCUT2D eigenvalue weighted by Crippen LogP contribution is -2.32. The molecule has 0 radical (unpaired) electrons. The molecule has 1 heterocycles. The van der Waals surface area contributed by atoms with Gasteiger partial charge in [0.1, 0.15) is 5.25 Å². The lowest BCUT2D eigenvalue weighted by molar-refractivity contribution is -0.117. The Morgan fingerprint density at radius 1 is 1.37 bits per heavy atom. The van der Waals surface area contributed by atoms with E-state index in [-0.39, 0.29) is 18.9 Å². The van der Waals surface area contributed by atoms with Crippen LogP contribution in [0.25, 0.3) is 0 Å². The van der Waals surface area contributed by atoms with Crippen LogP contribution in [0.4, 0.5) is 5.69 Å². The molecule has 5 nitrogen and oxygen atoms in total. The second kappa shape index (κ2) is 4.88. The summed E-state index contributed by atoms with van der Waals surface area (Å²) < 4.78 is 23.5. The predicted molar refractivity (Wildman–Crippen MR) is 77.5 cm³/mol. The molecule has 1 fully saturated rings. The topological polar surface area (TPSA) is 80.5 Å². The van der Waals surface area contributed by atoms with E-state index in [1.54, 1.807) is 0 Å². The van der Waals surface area contributed by atoms with E-state index < -0.39 is 15.3 Å². The van der Waals surface area contributed by atoms with Gasteiger partial charge in [-0.1, -0.05) is 6.07 Å². The SMILES string of the molecule is Cc1cc(C)c(N2CC(S(N)(=O)=O)CC2=O)c(Br)c1. The van der Waals surface area contributed by atoms with Crippen LogP contribution < -0.4 is 10.0 Å². The summed E-state index contributed by atoms with van der Waals surface area (Å²) in [5.74, 6) is -0.216. The molecule has 1 unspecified atom stereocenters. The average molecular weight is 347 g/mol. The highest BCUT2D eigenvalue weighted by atomic mass is 79.9. The fourth-order valence-corrected chi connectivity index (χ4v) is 3.98. The van der Waals surface area contributed by atoms with Crippen LogP contribution in [-0.2, 0) is 14.8 Å². The number of carbonyl (C=O) groups is 1. The highest BCUT2D eigenvalue weighted by Gasteiger charge is 2.38. The van der Waals surface area contributed by atoms with Crippen molar-refractivity contribution in [2.45, 2.75) is 25.5 Å². The maximum absolute atomic E-state index is 12.0. The van der Waals surface area contributed by atoms with Gasteiger partial charge in [-0.05, 0) is 47.0 Å². The smallest absolute Gasteiger partial charge is 0.228 e. The van der Waals surface area contributed by atoms with Gasteiger partial charge in [-0.15, -0.1) is 0 Å². The van der Waals surface area contributed by atoms with Gasteiger partial charge >= 0.3 is 0 Å². The zero-order valence-corrected chi connectivity index (χ0v) is 13.1. The van der Waals surface area contributed by atoms with E-state index >= 15 is 0 Å². The fourth-order valence-electron chi connectivity index (χ4n) is 2.36. The number of carbonyl (C=O) groups excluding carboxylic acids is 1. The van der Waals surface area contributed by atoms with E-state index in [9.17, 15) is 13.2 Å². The fraction of sp³-hybridized carbons (Fsp3) is 0.417. The zero-order valence-electron chi connectivity index (χ0n) is 10.7. The van der Waals surface area contributed by atoms with Crippen molar-refractivity contribution >= 4 is 37.5 Å². The molecule has 0 aliphatic carbocycles. The first kappa shape index (κ1) is 14.5. The van der Waals surface area contributed by atoms with E-state index in [0.29, 0.717) is 0 Å². The molecule has 1 aromatic rings. The number of nitrogens with zero attached hydrogens (tertiary/aromatic N) is 1. The minimum atomic E-state index is -3.69. The van der Waals surface area contributed by atoms with Gasteiger partial charge in [0.2, 0.25) is 15.9 Å². The summed E-state index contributed by atoms with van der Waals surface area (Å²) in [6.45, 7) is 3.96. The van der Waals surface area contributed by atoms with E-state index in [1.165, 1.54) is 4.90 Å². The molecule has 104 valence electrons. The molecular formula is C12H15BrN2O3S. The third kappa shape index (κ3) is 2.82. The summed E-state index contributed by atoms with van der Waals surface area (Å²) in [6, 6.07) is 3.86. The van der Waals surface area contributed by atoms with Crippen LogP contribution in [0.5, 0.6) is 0 Å². The van der Waals surface area contributed by atoms with Crippen molar-refractivity contribution in [1.82, 2.24) is 0 Å². The normalized spacial score (nSPS) is 20.1. The van der Waals surface area contributed by atoms with Gasteiger partial charge in [0.25, 0.3) is 0 Å². The molecular weight excluding hydrogens is 332 g/mol. The van der Waals surface area contributed by atoms with E-state index in [0.717, 1.165) is 21.3 Å². The third-order valence-corrected chi connectivity index (χ3v) is 5.07. The Balaban J connectivity index is 2.42. The Morgan fingerprint density at radius 3 is 2.47 bits per heavy atom. The Morgan fingerprint density at radius 2 is 2.00 bits per heavy atom. The quantitative estimate of drug-likeness (QED) is 0.880. The second-order valence-electron chi connectivity index (χ2n) is 4.83. The molecule has 1 aliphatic rings. The number of benzene rings is 1. The van der Waals surface area contributed by atoms with Crippen molar-refractivity contribution in [3.05, 3.63) is 27.7 Å². The third-order valence-electron chi connectivity index (χ3n) is 3.22. The van der Waals surface area contributed by atoms with Crippen LogP contribution in [-0.4, -0.2) is 26.1 Å². The van der Waals surface area contributed by atoms with Gasteiger partial charge in [0, 0.05) is 17.4 Å². The molecule has 1 aliphatic heterocycles. The average Bonchev–Trinajstić information content (AvgIpc) is 2.59. The van der Waals surface area contributed by atoms with Crippen molar-refractivity contribution < 1.29 is 13.2 Å². The second-order valence-corrected chi connectivity index (χ2v) is 7.53. The van der Waals surface area contributed by atoms with Crippen molar-refractivity contribution in [1.29, 1.82) is 0 Å². The minimum Gasteiger partial charge on any atom is -0.310 e. The number of sulfonamides is 1. The number of nitrogens with two attached hydrogens (primary N) is 1. The molecule has 19 heavy (non-hydrogen) atoms. The Bertz CT molecular complexity index is 619. The summed E-state index contributed by atoms with van der Waals surface area (Å²) in [5.41, 5.74) is 2.72. The van der Waals surface area contributed by atoms with Crippen molar-refractivity contribution in [2.24, 2.45) is 5.14 Å². The van der Waals surface area contributed by atoms with Crippen LogP contribution in [0, 0.1) is 13.8 Å². The number of anilines is 1. The Hall–Kier alpha value is -0.920. The molecule has 1 aromatic carbocycles. The van der Waals surface area contributed by atoms with Crippen LogP contribution in [0.15, 0.2) is 16.6 Å². The molecule has 7 heteroatoms. The summed E-state index contributed by atoms with van der Waals surface area (Å²) >= 11 is 3.43. The van der Waals surface area contributed by atoms with Gasteiger partial charge in [0.15, 0.2) is 0 Å². The molecule has 0 saturated carbocycles. The van der Waals surface area contributed by atoms with Crippen molar-refractivity contribution in [2.75, 3.05) is 11.4 Å². The van der Waals surface area contributed by atoms with E-state index in [2.05, 4.69) is 15.9 Å². The number of amides is 1. The number of hydrogen-bond acceptors (Lipinski definition) is 3. The first-order valence-corrected chi connectivity index (χ1v) is 8.19. The van der Waals surface area contributed by atoms with Crippen molar-refractivity contribution in [3.63, 3.8) is 0 Å². The lowest BCUT2D eigenvalue weighted by Gasteiger charge is -2.21. The summed E-state index contributed by atoms with van der Waals surface area (Å²) in [5, 5.41) is 4.30. The van der Waals surface area contributed by atoms with E-state index in [4.69, 9.17) is 5.14 Å². The van der Waals surface area contributed by atoms with E-state index in [1.807, 2.05) is 26.0 Å². The molecule has 1 amide bonds. The van der Waals surface area contributed by atoms with Gasteiger partial charge in [-0.2, -0.15) is 0 Å². The van der Waals surface area contributed by atoms with Gasteiger partial charge in [0.05, 0.1) is 5.69 Å². The largest absolute Gasteiger partial charge is 0.310 e. The molecule has 0 bridgehead atoms.